The summed E-state index contributed by atoms with van der Waals surface area (Å²) in [5, 5.41) is 12.1. The second-order valence-electron chi connectivity index (χ2n) is 7.78. The number of alkyl halides is 3. The van der Waals surface area contributed by atoms with E-state index in [0.29, 0.717) is 16.3 Å². The minimum absolute atomic E-state index is 0.262. The largest absolute Gasteiger partial charge is 0.417 e. The van der Waals surface area contributed by atoms with E-state index in [1.54, 1.807) is 50.2 Å². The van der Waals surface area contributed by atoms with E-state index in [2.05, 4.69) is 4.98 Å². The zero-order valence-corrected chi connectivity index (χ0v) is 16.9. The predicted molar refractivity (Wildman–Crippen MR) is 107 cm³/mol. The first-order chi connectivity index (χ1) is 12.9. The summed E-state index contributed by atoms with van der Waals surface area (Å²) in [4.78, 5) is 2.97. The molecule has 2 nitrogen and oxygen atoms in total. The smallest absolute Gasteiger partial charge is 0.380 e. The van der Waals surface area contributed by atoms with E-state index in [4.69, 9.17) is 23.2 Å². The topological polar surface area (TPSA) is 36.0 Å². The quantitative estimate of drug-likeness (QED) is 0.466. The Labute approximate surface area is 171 Å². The molecule has 7 heteroatoms. The molecular weight excluding hydrogens is 410 g/mol. The van der Waals surface area contributed by atoms with Crippen LogP contribution in [-0.4, -0.2) is 21.9 Å². The van der Waals surface area contributed by atoms with Crippen LogP contribution in [-0.2, 0) is 11.8 Å². The number of aliphatic hydroxyl groups is 1. The maximum atomic E-state index is 13.9. The standard InChI is InChI=1S/C21H20Cl2F3NO/c1-19(2,14-7-8-16(22)17(23)10-14)12-20(28,21(24,25)26)11-15-9-13-5-3-4-6-18(13)27-15/h3-10,27-28H,11-12H2,1-2H3. The van der Waals surface area contributed by atoms with E-state index in [9.17, 15) is 18.3 Å². The van der Waals surface area contributed by atoms with Gasteiger partial charge < -0.3 is 10.1 Å². The molecule has 2 N–H and O–H groups in total. The van der Waals surface area contributed by atoms with Crippen molar-refractivity contribution in [2.24, 2.45) is 0 Å². The second-order valence-corrected chi connectivity index (χ2v) is 8.59. The highest BCUT2D eigenvalue weighted by atomic mass is 35.5. The van der Waals surface area contributed by atoms with Crippen molar-refractivity contribution in [1.82, 2.24) is 4.98 Å². The van der Waals surface area contributed by atoms with Crippen molar-refractivity contribution in [2.75, 3.05) is 0 Å². The van der Waals surface area contributed by atoms with Crippen molar-refractivity contribution in [3.8, 4) is 0 Å². The maximum Gasteiger partial charge on any atom is 0.417 e. The van der Waals surface area contributed by atoms with Gasteiger partial charge in [-0.2, -0.15) is 13.2 Å². The molecule has 3 aromatic rings. The van der Waals surface area contributed by atoms with E-state index in [1.807, 2.05) is 12.1 Å². The molecular formula is C21H20Cl2F3NO. The van der Waals surface area contributed by atoms with Crippen LogP contribution in [0.3, 0.4) is 0 Å². The highest BCUT2D eigenvalue weighted by molar-refractivity contribution is 6.42. The molecule has 0 radical (unpaired) electrons. The van der Waals surface area contributed by atoms with E-state index in [-0.39, 0.29) is 5.02 Å². The number of para-hydroxylation sites is 1. The monoisotopic (exact) mass is 429 g/mol. The Morgan fingerprint density at radius 2 is 1.64 bits per heavy atom. The predicted octanol–water partition coefficient (Wildman–Crippen LogP) is 6.68. The van der Waals surface area contributed by atoms with Gasteiger partial charge in [-0.25, -0.2) is 0 Å². The molecule has 0 aliphatic heterocycles. The van der Waals surface area contributed by atoms with E-state index in [0.717, 1.165) is 10.9 Å². The summed E-state index contributed by atoms with van der Waals surface area (Å²) < 4.78 is 41.8. The first kappa shape index (κ1) is 21.0. The summed E-state index contributed by atoms with van der Waals surface area (Å²) in [6, 6.07) is 13.6. The number of rotatable bonds is 5. The summed E-state index contributed by atoms with van der Waals surface area (Å²) in [5.74, 6) is 0. The van der Waals surface area contributed by atoms with Crippen molar-refractivity contribution in [2.45, 2.75) is 43.9 Å². The molecule has 0 aliphatic carbocycles. The summed E-state index contributed by atoms with van der Waals surface area (Å²) >= 11 is 12.0. The number of fused-ring (bicyclic) bond motifs is 1. The summed E-state index contributed by atoms with van der Waals surface area (Å²) in [5.41, 5.74) is -2.29. The third kappa shape index (κ3) is 4.17. The molecule has 0 fully saturated rings. The molecule has 0 bridgehead atoms. The number of nitrogens with one attached hydrogen (secondary N) is 1. The van der Waals surface area contributed by atoms with E-state index < -0.39 is 30.0 Å². The summed E-state index contributed by atoms with van der Waals surface area (Å²) in [7, 11) is 0. The van der Waals surface area contributed by atoms with E-state index >= 15 is 0 Å². The van der Waals surface area contributed by atoms with Crippen LogP contribution in [0.5, 0.6) is 0 Å². The van der Waals surface area contributed by atoms with Gasteiger partial charge in [0.1, 0.15) is 0 Å². The lowest BCUT2D eigenvalue weighted by atomic mass is 9.73. The van der Waals surface area contributed by atoms with Crippen LogP contribution >= 0.6 is 23.2 Å². The zero-order valence-electron chi connectivity index (χ0n) is 15.4. The lowest BCUT2D eigenvalue weighted by molar-refractivity contribution is -0.266. The first-order valence-corrected chi connectivity index (χ1v) is 9.48. The number of hydrogen-bond donors (Lipinski definition) is 2. The maximum absolute atomic E-state index is 13.9. The highest BCUT2D eigenvalue weighted by Crippen LogP contribution is 2.43. The molecule has 2 aromatic carbocycles. The number of aromatic nitrogens is 1. The van der Waals surface area contributed by atoms with Gasteiger partial charge in [0.15, 0.2) is 5.60 Å². The number of benzene rings is 2. The molecule has 0 aliphatic rings. The fraction of sp³-hybridized carbons (Fsp3) is 0.333. The van der Waals surface area contributed by atoms with Gasteiger partial charge >= 0.3 is 6.18 Å². The lowest BCUT2D eigenvalue weighted by Crippen LogP contribution is -2.50. The lowest BCUT2D eigenvalue weighted by Gasteiger charge is -2.38. The molecule has 150 valence electrons. The molecule has 28 heavy (non-hydrogen) atoms. The molecule has 1 unspecified atom stereocenters. The average molecular weight is 430 g/mol. The van der Waals surface area contributed by atoms with Gasteiger partial charge in [0.25, 0.3) is 0 Å². The van der Waals surface area contributed by atoms with Gasteiger partial charge in [0.2, 0.25) is 0 Å². The zero-order chi connectivity index (χ0) is 20.7. The SMILES string of the molecule is CC(C)(CC(O)(Cc1cc2ccccc2[nH]1)C(F)(F)F)c1ccc(Cl)c(Cl)c1. The molecule has 0 saturated carbocycles. The number of halogens is 5. The second kappa shape index (κ2) is 7.29. The number of hydrogen-bond acceptors (Lipinski definition) is 1. The minimum Gasteiger partial charge on any atom is -0.380 e. The fourth-order valence-corrected chi connectivity index (χ4v) is 3.86. The minimum atomic E-state index is -4.81. The molecule has 0 saturated heterocycles. The average Bonchev–Trinajstić information content (AvgIpc) is 2.97. The molecule has 1 atom stereocenters. The van der Waals surface area contributed by atoms with Crippen LogP contribution in [0.15, 0.2) is 48.5 Å². The van der Waals surface area contributed by atoms with Gasteiger partial charge in [-0.15, -0.1) is 0 Å². The van der Waals surface area contributed by atoms with Crippen molar-refractivity contribution < 1.29 is 18.3 Å². The molecule has 0 amide bonds. The molecule has 0 spiro atoms. The molecule has 1 heterocycles. The Kier molecular flexibility index (Phi) is 5.47. The van der Waals surface area contributed by atoms with Crippen LogP contribution in [0.25, 0.3) is 10.9 Å². The Hall–Kier alpha value is -1.69. The third-order valence-electron chi connectivity index (χ3n) is 5.03. The van der Waals surface area contributed by atoms with Gasteiger partial charge in [-0.05, 0) is 47.1 Å². The Bertz CT molecular complexity index is 964. The summed E-state index contributed by atoms with van der Waals surface area (Å²) in [6.45, 7) is 3.29. The van der Waals surface area contributed by atoms with Gasteiger partial charge in [0.05, 0.1) is 10.0 Å². The van der Waals surface area contributed by atoms with Gasteiger partial charge in [-0.1, -0.05) is 61.3 Å². The van der Waals surface area contributed by atoms with Crippen molar-refractivity contribution >= 4 is 34.1 Å². The van der Waals surface area contributed by atoms with Crippen LogP contribution in [0.2, 0.25) is 10.0 Å². The number of H-pyrrole nitrogens is 1. The highest BCUT2D eigenvalue weighted by Gasteiger charge is 2.56. The number of aromatic amines is 1. The first-order valence-electron chi connectivity index (χ1n) is 8.73. The Morgan fingerprint density at radius 1 is 0.964 bits per heavy atom. The van der Waals surface area contributed by atoms with Crippen LogP contribution < -0.4 is 0 Å². The molecule has 3 rings (SSSR count). The van der Waals surface area contributed by atoms with Gasteiger partial charge in [0, 0.05) is 17.6 Å². The van der Waals surface area contributed by atoms with Crippen LogP contribution in [0.4, 0.5) is 13.2 Å². The summed E-state index contributed by atoms with van der Waals surface area (Å²) in [6.07, 6.45) is -5.91. The van der Waals surface area contributed by atoms with Crippen LogP contribution in [0.1, 0.15) is 31.5 Å². The normalized spacial score (nSPS) is 15.0. The Morgan fingerprint density at radius 3 is 2.25 bits per heavy atom. The van der Waals surface area contributed by atoms with Gasteiger partial charge in [-0.3, -0.25) is 0 Å². The van der Waals surface area contributed by atoms with E-state index in [1.165, 1.54) is 0 Å². The third-order valence-corrected chi connectivity index (χ3v) is 5.77. The molecule has 1 aromatic heterocycles. The van der Waals surface area contributed by atoms with Crippen molar-refractivity contribution in [3.05, 3.63) is 69.8 Å². The van der Waals surface area contributed by atoms with Crippen molar-refractivity contribution in [3.63, 3.8) is 0 Å². The van der Waals surface area contributed by atoms with Crippen LogP contribution in [0, 0.1) is 0 Å². The van der Waals surface area contributed by atoms with Crippen molar-refractivity contribution in [1.29, 1.82) is 0 Å². The Balaban J connectivity index is 1.95. The fourth-order valence-electron chi connectivity index (χ4n) is 3.56.